The van der Waals surface area contributed by atoms with Crippen LogP contribution in [0.15, 0.2) is 35.9 Å². The second-order valence-corrected chi connectivity index (χ2v) is 7.63. The van der Waals surface area contributed by atoms with E-state index in [9.17, 15) is 4.79 Å². The van der Waals surface area contributed by atoms with E-state index >= 15 is 0 Å². The normalized spacial score (nSPS) is 30.5. The lowest BCUT2D eigenvalue weighted by molar-refractivity contribution is -0.152. The average Bonchev–Trinajstić information content (AvgIpc) is 2.97. The van der Waals surface area contributed by atoms with Gasteiger partial charge in [0.1, 0.15) is 12.4 Å². The molecular weight excluding hydrogens is 288 g/mol. The lowest BCUT2D eigenvalue weighted by Crippen LogP contribution is -2.16. The van der Waals surface area contributed by atoms with Crippen molar-refractivity contribution in [2.24, 2.45) is 17.3 Å². The summed E-state index contributed by atoms with van der Waals surface area (Å²) in [6.07, 6.45) is 7.11. The monoisotopic (exact) mass is 312 g/mol. The molecule has 1 aliphatic heterocycles. The van der Waals surface area contributed by atoms with Crippen molar-refractivity contribution in [1.82, 2.24) is 0 Å². The summed E-state index contributed by atoms with van der Waals surface area (Å²) in [7, 11) is 0. The van der Waals surface area contributed by atoms with E-state index in [0.717, 1.165) is 11.3 Å². The van der Waals surface area contributed by atoms with Crippen molar-refractivity contribution in [3.8, 4) is 5.75 Å². The number of benzene rings is 1. The van der Waals surface area contributed by atoms with Crippen LogP contribution in [0.5, 0.6) is 5.75 Å². The number of allylic oxidation sites excluding steroid dienone is 2. The van der Waals surface area contributed by atoms with Crippen LogP contribution in [0.4, 0.5) is 0 Å². The fraction of sp³-hybridized carbons (Fsp3) is 0.550. The molecular formula is C20H24O3. The minimum Gasteiger partial charge on any atom is -0.489 e. The van der Waals surface area contributed by atoms with Gasteiger partial charge in [0.25, 0.3) is 0 Å². The number of hydrogen-bond donors (Lipinski definition) is 0. The van der Waals surface area contributed by atoms with Gasteiger partial charge in [-0.15, -0.1) is 0 Å². The van der Waals surface area contributed by atoms with Gasteiger partial charge in [-0.25, -0.2) is 0 Å². The van der Waals surface area contributed by atoms with Crippen molar-refractivity contribution in [2.45, 2.75) is 45.6 Å². The van der Waals surface area contributed by atoms with Crippen molar-refractivity contribution in [2.75, 3.05) is 6.61 Å². The van der Waals surface area contributed by atoms with E-state index in [0.29, 0.717) is 12.5 Å². The molecule has 2 fully saturated rings. The van der Waals surface area contributed by atoms with E-state index in [-0.39, 0.29) is 23.4 Å². The van der Waals surface area contributed by atoms with E-state index in [1.807, 2.05) is 24.3 Å². The smallest absolute Gasteiger partial charge is 0.310 e. The lowest BCUT2D eigenvalue weighted by Gasteiger charge is -2.11. The maximum Gasteiger partial charge on any atom is 0.310 e. The van der Waals surface area contributed by atoms with Crippen LogP contribution in [-0.2, 0) is 9.53 Å². The van der Waals surface area contributed by atoms with Gasteiger partial charge in [0, 0.05) is 5.56 Å². The number of ether oxygens (including phenoxy) is 2. The van der Waals surface area contributed by atoms with E-state index in [1.54, 1.807) is 0 Å². The van der Waals surface area contributed by atoms with Crippen molar-refractivity contribution in [1.29, 1.82) is 0 Å². The number of carbonyl (C=O) groups excluding carboxylic acids is 1. The maximum absolute atomic E-state index is 12.7. The highest BCUT2D eigenvalue weighted by molar-refractivity contribution is 5.78. The Morgan fingerprint density at radius 3 is 2.78 bits per heavy atom. The predicted molar refractivity (Wildman–Crippen MR) is 88.1 cm³/mol. The minimum absolute atomic E-state index is 0.0108. The predicted octanol–water partition coefficient (Wildman–Crippen LogP) is 4.44. The second kappa shape index (κ2) is 5.40. The molecule has 3 unspecified atom stereocenters. The molecule has 122 valence electrons. The Labute approximate surface area is 137 Å². The zero-order valence-electron chi connectivity index (χ0n) is 13.9. The van der Waals surface area contributed by atoms with Crippen LogP contribution < -0.4 is 4.74 Å². The average molecular weight is 312 g/mol. The largest absolute Gasteiger partial charge is 0.489 e. The van der Waals surface area contributed by atoms with Crippen LogP contribution in [0.25, 0.3) is 0 Å². The molecule has 3 nitrogen and oxygen atoms in total. The highest BCUT2D eigenvalue weighted by Gasteiger charge is 2.62. The Bertz CT molecular complexity index is 651. The molecule has 0 radical (unpaired) electrons. The fourth-order valence-corrected chi connectivity index (χ4v) is 4.13. The maximum atomic E-state index is 12.7. The number of carbonyl (C=O) groups is 1. The first-order valence-corrected chi connectivity index (χ1v) is 8.69. The molecule has 3 aliphatic rings. The van der Waals surface area contributed by atoms with Crippen LogP contribution >= 0.6 is 0 Å². The highest BCUT2D eigenvalue weighted by Crippen LogP contribution is 2.60. The van der Waals surface area contributed by atoms with Gasteiger partial charge in [-0.1, -0.05) is 43.7 Å². The highest BCUT2D eigenvalue weighted by atomic mass is 16.6. The number of fused-ring (bicyclic) bond motifs is 1. The molecule has 3 heteroatoms. The van der Waals surface area contributed by atoms with Gasteiger partial charge < -0.3 is 9.47 Å². The molecule has 0 amide bonds. The van der Waals surface area contributed by atoms with Gasteiger partial charge in [-0.3, -0.25) is 4.79 Å². The zero-order chi connectivity index (χ0) is 16.0. The quantitative estimate of drug-likeness (QED) is 0.611. The van der Waals surface area contributed by atoms with Gasteiger partial charge in [-0.2, -0.15) is 0 Å². The third-order valence-corrected chi connectivity index (χ3v) is 5.74. The first-order valence-electron chi connectivity index (χ1n) is 8.69. The Balaban J connectivity index is 1.45. The summed E-state index contributed by atoms with van der Waals surface area (Å²) in [4.78, 5) is 12.7. The number of rotatable bonds is 3. The van der Waals surface area contributed by atoms with Crippen molar-refractivity contribution in [3.63, 3.8) is 0 Å². The molecule has 0 aromatic heterocycles. The van der Waals surface area contributed by atoms with E-state index < -0.39 is 0 Å². The third-order valence-electron chi connectivity index (χ3n) is 5.74. The summed E-state index contributed by atoms with van der Waals surface area (Å²) in [6.45, 7) is 4.79. The lowest BCUT2D eigenvalue weighted by atomic mass is 10.1. The van der Waals surface area contributed by atoms with Gasteiger partial charge in [0.2, 0.25) is 0 Å². The van der Waals surface area contributed by atoms with Crippen molar-refractivity contribution < 1.29 is 14.3 Å². The molecule has 1 aromatic rings. The Hall–Kier alpha value is -1.77. The second-order valence-electron chi connectivity index (χ2n) is 7.63. The summed E-state index contributed by atoms with van der Waals surface area (Å²) in [5, 5.41) is 0. The molecule has 4 rings (SSSR count). The van der Waals surface area contributed by atoms with Gasteiger partial charge in [-0.05, 0) is 43.1 Å². The molecule has 0 N–H and O–H groups in total. The van der Waals surface area contributed by atoms with E-state index in [4.69, 9.17) is 9.47 Å². The van der Waals surface area contributed by atoms with Gasteiger partial charge in [0.15, 0.2) is 6.10 Å². The molecule has 0 spiro atoms. The van der Waals surface area contributed by atoms with Crippen LogP contribution in [-0.4, -0.2) is 12.6 Å². The topological polar surface area (TPSA) is 35.5 Å². The fourth-order valence-electron chi connectivity index (χ4n) is 4.13. The minimum atomic E-state index is -0.255. The molecule has 2 aliphatic carbocycles. The van der Waals surface area contributed by atoms with Gasteiger partial charge in [0.05, 0.1) is 5.92 Å². The summed E-state index contributed by atoms with van der Waals surface area (Å²) in [5.74, 6) is 1.09. The molecule has 0 saturated heterocycles. The third kappa shape index (κ3) is 2.56. The van der Waals surface area contributed by atoms with Crippen LogP contribution in [0.3, 0.4) is 0 Å². The van der Waals surface area contributed by atoms with Gasteiger partial charge >= 0.3 is 5.97 Å². The first kappa shape index (κ1) is 14.8. The van der Waals surface area contributed by atoms with Crippen molar-refractivity contribution in [3.05, 3.63) is 41.5 Å². The van der Waals surface area contributed by atoms with Crippen LogP contribution in [0.1, 0.15) is 51.2 Å². The Kier molecular flexibility index (Phi) is 3.47. The Morgan fingerprint density at radius 2 is 2.00 bits per heavy atom. The van der Waals surface area contributed by atoms with E-state index in [2.05, 4.69) is 19.9 Å². The van der Waals surface area contributed by atoms with E-state index in [1.165, 1.54) is 31.3 Å². The first-order chi connectivity index (χ1) is 11.1. The van der Waals surface area contributed by atoms with Crippen LogP contribution in [0.2, 0.25) is 0 Å². The SMILES string of the molecule is CC1(C)C(C=C2CCCC2)C1C(=O)OC1COc2ccccc21. The zero-order valence-corrected chi connectivity index (χ0v) is 13.9. The standard InChI is InChI=1S/C20H24O3/c1-20(2)15(11-13-7-3-4-8-13)18(20)19(21)23-17-12-22-16-10-6-5-9-14(16)17/h5-6,9-11,15,17-18H,3-4,7-8,12H2,1-2H3. The summed E-state index contributed by atoms with van der Waals surface area (Å²) < 4.78 is 11.4. The number of esters is 1. The Morgan fingerprint density at radius 1 is 1.26 bits per heavy atom. The molecule has 1 heterocycles. The molecule has 1 aromatic carbocycles. The summed E-state index contributed by atoms with van der Waals surface area (Å²) in [6, 6.07) is 7.81. The molecule has 2 saturated carbocycles. The summed E-state index contributed by atoms with van der Waals surface area (Å²) in [5.41, 5.74) is 2.55. The molecule has 23 heavy (non-hydrogen) atoms. The van der Waals surface area contributed by atoms with Crippen LogP contribution in [0, 0.1) is 17.3 Å². The summed E-state index contributed by atoms with van der Waals surface area (Å²) >= 11 is 0. The molecule has 3 atom stereocenters. The number of hydrogen-bond acceptors (Lipinski definition) is 3. The van der Waals surface area contributed by atoms with Crippen molar-refractivity contribution >= 4 is 5.97 Å². The number of para-hydroxylation sites is 1. The molecule has 0 bridgehead atoms.